The van der Waals surface area contributed by atoms with Gasteiger partial charge in [0.1, 0.15) is 5.82 Å². The summed E-state index contributed by atoms with van der Waals surface area (Å²) in [6.45, 7) is 5.76. The van der Waals surface area contributed by atoms with Crippen LogP contribution >= 0.6 is 0 Å². The van der Waals surface area contributed by atoms with Crippen molar-refractivity contribution in [3.05, 3.63) is 18.3 Å². The zero-order valence-electron chi connectivity index (χ0n) is 9.19. The van der Waals surface area contributed by atoms with E-state index in [-0.39, 0.29) is 0 Å². The average Bonchev–Trinajstić information content (AvgIpc) is 2.31. The summed E-state index contributed by atoms with van der Waals surface area (Å²) in [4.78, 5) is 2.48. The van der Waals surface area contributed by atoms with Crippen LogP contribution in [-0.4, -0.2) is 40.8 Å². The van der Waals surface area contributed by atoms with Gasteiger partial charge in [0.05, 0.1) is 0 Å². The molecule has 4 heteroatoms. The number of aromatic nitrogens is 2. The Balaban J connectivity index is 1.82. The van der Waals surface area contributed by atoms with Gasteiger partial charge in [0.15, 0.2) is 0 Å². The third-order valence-corrected chi connectivity index (χ3v) is 2.96. The van der Waals surface area contributed by atoms with Crippen LogP contribution in [0.4, 0.5) is 5.82 Å². The van der Waals surface area contributed by atoms with Gasteiger partial charge < -0.3 is 10.2 Å². The lowest BCUT2D eigenvalue weighted by atomic mass is 10.1. The summed E-state index contributed by atoms with van der Waals surface area (Å²) in [5, 5.41) is 11.3. The van der Waals surface area contributed by atoms with E-state index in [1.807, 2.05) is 12.1 Å². The Morgan fingerprint density at radius 2 is 2.27 bits per heavy atom. The van der Waals surface area contributed by atoms with E-state index in [1.54, 1.807) is 6.20 Å². The highest BCUT2D eigenvalue weighted by Gasteiger charge is 2.17. The summed E-state index contributed by atoms with van der Waals surface area (Å²) in [6.07, 6.45) is 4.10. The van der Waals surface area contributed by atoms with Crippen LogP contribution in [-0.2, 0) is 0 Å². The predicted molar refractivity (Wildman–Crippen MR) is 60.8 cm³/mol. The van der Waals surface area contributed by atoms with E-state index in [0.717, 1.165) is 12.4 Å². The van der Waals surface area contributed by atoms with Crippen LogP contribution in [0.2, 0.25) is 0 Å². The summed E-state index contributed by atoms with van der Waals surface area (Å²) in [7, 11) is 0. The molecule has 0 bridgehead atoms. The predicted octanol–water partition coefficient (Wildman–Crippen LogP) is 1.37. The van der Waals surface area contributed by atoms with Crippen molar-refractivity contribution in [2.45, 2.75) is 25.8 Å². The molecule has 0 amide bonds. The zero-order chi connectivity index (χ0) is 10.5. The maximum atomic E-state index is 4.04. The Hall–Kier alpha value is -1.16. The van der Waals surface area contributed by atoms with Crippen molar-refractivity contribution in [1.82, 2.24) is 15.1 Å². The third-order valence-electron chi connectivity index (χ3n) is 2.96. The minimum Gasteiger partial charge on any atom is -0.366 e. The van der Waals surface area contributed by atoms with Gasteiger partial charge in [-0.2, -0.15) is 5.10 Å². The lowest BCUT2D eigenvalue weighted by Crippen LogP contribution is -2.39. The van der Waals surface area contributed by atoms with Crippen molar-refractivity contribution >= 4 is 5.82 Å². The van der Waals surface area contributed by atoms with Crippen molar-refractivity contribution in [3.8, 4) is 0 Å². The standard InChI is InChI=1S/C11H18N4/c1-2-15-8-5-10(6-9-15)13-11-4-3-7-12-14-11/h3-4,7,10H,2,5-6,8-9H2,1H3,(H,13,14). The largest absolute Gasteiger partial charge is 0.366 e. The maximum Gasteiger partial charge on any atom is 0.148 e. The van der Waals surface area contributed by atoms with E-state index in [4.69, 9.17) is 0 Å². The highest BCUT2D eigenvalue weighted by atomic mass is 15.2. The van der Waals surface area contributed by atoms with Gasteiger partial charge in [0.25, 0.3) is 0 Å². The van der Waals surface area contributed by atoms with Gasteiger partial charge in [-0.3, -0.25) is 0 Å². The second kappa shape index (κ2) is 5.07. The molecule has 0 aliphatic carbocycles. The molecule has 1 fully saturated rings. The lowest BCUT2D eigenvalue weighted by Gasteiger charge is -2.31. The van der Waals surface area contributed by atoms with Crippen molar-refractivity contribution in [2.24, 2.45) is 0 Å². The highest BCUT2D eigenvalue weighted by molar-refractivity contribution is 5.32. The van der Waals surface area contributed by atoms with Crippen molar-refractivity contribution in [2.75, 3.05) is 25.0 Å². The second-order valence-corrected chi connectivity index (χ2v) is 3.96. The molecule has 1 aliphatic heterocycles. The number of piperidine rings is 1. The van der Waals surface area contributed by atoms with Gasteiger partial charge in [-0.1, -0.05) is 6.92 Å². The summed E-state index contributed by atoms with van der Waals surface area (Å²) in [6, 6.07) is 4.44. The first-order valence-electron chi connectivity index (χ1n) is 5.65. The zero-order valence-corrected chi connectivity index (χ0v) is 9.19. The molecule has 15 heavy (non-hydrogen) atoms. The van der Waals surface area contributed by atoms with Crippen LogP contribution in [0.15, 0.2) is 18.3 Å². The minimum atomic E-state index is 0.560. The van der Waals surface area contributed by atoms with Gasteiger partial charge in [-0.05, 0) is 31.5 Å². The number of nitrogens with zero attached hydrogens (tertiary/aromatic N) is 3. The monoisotopic (exact) mass is 206 g/mol. The Bertz CT molecular complexity index is 280. The molecule has 1 aliphatic rings. The lowest BCUT2D eigenvalue weighted by molar-refractivity contribution is 0.229. The van der Waals surface area contributed by atoms with Crippen LogP contribution in [0, 0.1) is 0 Å². The molecule has 2 rings (SSSR count). The van der Waals surface area contributed by atoms with E-state index in [9.17, 15) is 0 Å². The molecule has 0 atom stereocenters. The molecule has 82 valence electrons. The van der Waals surface area contributed by atoms with E-state index in [1.165, 1.54) is 25.9 Å². The van der Waals surface area contributed by atoms with Gasteiger partial charge in [0.2, 0.25) is 0 Å². The van der Waals surface area contributed by atoms with Crippen molar-refractivity contribution in [1.29, 1.82) is 0 Å². The smallest absolute Gasteiger partial charge is 0.148 e. The van der Waals surface area contributed by atoms with Crippen LogP contribution in [0.5, 0.6) is 0 Å². The normalized spacial score (nSPS) is 19.0. The minimum absolute atomic E-state index is 0.560. The molecule has 0 aromatic carbocycles. The second-order valence-electron chi connectivity index (χ2n) is 3.96. The number of hydrogen-bond acceptors (Lipinski definition) is 4. The molecule has 0 saturated carbocycles. The number of anilines is 1. The fourth-order valence-electron chi connectivity index (χ4n) is 1.98. The quantitative estimate of drug-likeness (QED) is 0.811. The highest BCUT2D eigenvalue weighted by Crippen LogP contribution is 2.13. The molecule has 2 heterocycles. The van der Waals surface area contributed by atoms with Crippen LogP contribution in [0.3, 0.4) is 0 Å². The fourth-order valence-corrected chi connectivity index (χ4v) is 1.98. The van der Waals surface area contributed by atoms with Gasteiger partial charge in [-0.25, -0.2) is 0 Å². The first-order valence-corrected chi connectivity index (χ1v) is 5.65. The molecule has 1 N–H and O–H groups in total. The number of rotatable bonds is 3. The molecule has 1 aromatic rings. The Kier molecular flexibility index (Phi) is 3.50. The van der Waals surface area contributed by atoms with Crippen molar-refractivity contribution in [3.63, 3.8) is 0 Å². The Labute approximate surface area is 90.7 Å². The summed E-state index contributed by atoms with van der Waals surface area (Å²) < 4.78 is 0. The van der Waals surface area contributed by atoms with E-state index < -0.39 is 0 Å². The van der Waals surface area contributed by atoms with Crippen LogP contribution in [0.25, 0.3) is 0 Å². The third kappa shape index (κ3) is 2.89. The van der Waals surface area contributed by atoms with Crippen molar-refractivity contribution < 1.29 is 0 Å². The molecule has 0 radical (unpaired) electrons. The molecule has 0 unspecified atom stereocenters. The molecular formula is C11H18N4. The van der Waals surface area contributed by atoms with E-state index >= 15 is 0 Å². The number of likely N-dealkylation sites (tertiary alicyclic amines) is 1. The summed E-state index contributed by atoms with van der Waals surface area (Å²) in [5.41, 5.74) is 0. The molecule has 0 spiro atoms. The van der Waals surface area contributed by atoms with Gasteiger partial charge >= 0.3 is 0 Å². The van der Waals surface area contributed by atoms with E-state index in [2.05, 4.69) is 27.3 Å². The van der Waals surface area contributed by atoms with Crippen LogP contribution < -0.4 is 5.32 Å². The molecular weight excluding hydrogens is 188 g/mol. The first kappa shape index (κ1) is 10.4. The van der Waals surface area contributed by atoms with Crippen LogP contribution in [0.1, 0.15) is 19.8 Å². The fraction of sp³-hybridized carbons (Fsp3) is 0.636. The topological polar surface area (TPSA) is 41.0 Å². The first-order chi connectivity index (χ1) is 7.38. The average molecular weight is 206 g/mol. The molecule has 1 aromatic heterocycles. The summed E-state index contributed by atoms with van der Waals surface area (Å²) in [5.74, 6) is 0.896. The molecule has 4 nitrogen and oxygen atoms in total. The number of nitrogens with one attached hydrogen (secondary N) is 1. The van der Waals surface area contributed by atoms with Gasteiger partial charge in [-0.15, -0.1) is 5.10 Å². The van der Waals surface area contributed by atoms with E-state index in [0.29, 0.717) is 6.04 Å². The van der Waals surface area contributed by atoms with Gasteiger partial charge in [0, 0.05) is 25.3 Å². The maximum absolute atomic E-state index is 4.04. The molecule has 1 saturated heterocycles. The Morgan fingerprint density at radius 1 is 1.47 bits per heavy atom. The number of hydrogen-bond donors (Lipinski definition) is 1. The Morgan fingerprint density at radius 3 is 2.87 bits per heavy atom. The SMILES string of the molecule is CCN1CCC(Nc2cccnn2)CC1. The summed E-state index contributed by atoms with van der Waals surface area (Å²) >= 11 is 0.